The van der Waals surface area contributed by atoms with E-state index in [4.69, 9.17) is 0 Å². The van der Waals surface area contributed by atoms with E-state index in [1.807, 2.05) is 6.92 Å². The highest BCUT2D eigenvalue weighted by molar-refractivity contribution is 7.16. The molecule has 6 heteroatoms. The summed E-state index contributed by atoms with van der Waals surface area (Å²) in [7, 11) is 0. The molecule has 1 fully saturated rings. The van der Waals surface area contributed by atoms with Crippen LogP contribution in [0.15, 0.2) is 0 Å². The lowest BCUT2D eigenvalue weighted by Gasteiger charge is -2.10. The summed E-state index contributed by atoms with van der Waals surface area (Å²) in [6, 6.07) is -0.336. The molecule has 1 aliphatic rings. The van der Waals surface area contributed by atoms with Crippen LogP contribution in [-0.2, 0) is 0 Å². The Hall–Kier alpha value is -1.56. The van der Waals surface area contributed by atoms with E-state index in [0.717, 1.165) is 17.7 Å². The van der Waals surface area contributed by atoms with E-state index < -0.39 is 5.97 Å². The van der Waals surface area contributed by atoms with Crippen LogP contribution in [0.4, 0.5) is 9.80 Å². The molecule has 1 heterocycles. The molecule has 1 aromatic heterocycles. The molecule has 2 rings (SSSR count). The molecule has 0 spiro atoms. The Morgan fingerprint density at radius 3 is 2.53 bits per heavy atom. The Morgan fingerprint density at radius 2 is 2.00 bits per heavy atom. The third-order valence-corrected chi connectivity index (χ3v) is 4.73. The molecule has 5 nitrogen and oxygen atoms in total. The first-order valence-electron chi connectivity index (χ1n) is 6.20. The monoisotopic (exact) mass is 282 g/mol. The maximum atomic E-state index is 11.8. The van der Waals surface area contributed by atoms with Crippen LogP contribution in [0.5, 0.6) is 0 Å². The fraction of sp³-hybridized carbons (Fsp3) is 0.538. The largest absolute Gasteiger partial charge is 0.478 e. The highest BCUT2D eigenvalue weighted by Crippen LogP contribution is 2.44. The summed E-state index contributed by atoms with van der Waals surface area (Å²) in [4.78, 5) is 23.9. The van der Waals surface area contributed by atoms with Crippen molar-refractivity contribution < 1.29 is 14.7 Å². The van der Waals surface area contributed by atoms with Gasteiger partial charge in [-0.05, 0) is 37.7 Å². The Kier molecular flexibility index (Phi) is 3.54. The molecule has 1 aliphatic carbocycles. The summed E-state index contributed by atoms with van der Waals surface area (Å²) < 4.78 is 0. The third kappa shape index (κ3) is 3.07. The molecule has 0 unspecified atom stereocenters. The Labute approximate surface area is 116 Å². The van der Waals surface area contributed by atoms with Crippen LogP contribution in [0, 0.1) is 19.3 Å². The number of nitrogens with one attached hydrogen (secondary N) is 2. The normalized spacial score (nSPS) is 15.9. The summed E-state index contributed by atoms with van der Waals surface area (Å²) in [6.07, 6.45) is 2.26. The van der Waals surface area contributed by atoms with Crippen molar-refractivity contribution in [2.24, 2.45) is 5.41 Å². The summed E-state index contributed by atoms with van der Waals surface area (Å²) in [5.74, 6) is -1.01. The van der Waals surface area contributed by atoms with Crippen molar-refractivity contribution in [1.29, 1.82) is 0 Å². The van der Waals surface area contributed by atoms with Crippen LogP contribution < -0.4 is 10.6 Å². The number of carbonyl (C=O) groups is 2. The van der Waals surface area contributed by atoms with E-state index in [2.05, 4.69) is 17.6 Å². The van der Waals surface area contributed by atoms with Gasteiger partial charge in [0, 0.05) is 11.4 Å². The third-order valence-electron chi connectivity index (χ3n) is 3.61. The standard InChI is InChI=1S/C13H18N2O3S/c1-7-8(2)19-10(9(7)11(16)17)15-12(18)14-6-13(3)4-5-13/h4-6H2,1-3H3,(H,16,17)(H2,14,15,18). The van der Waals surface area contributed by atoms with Crippen molar-refractivity contribution in [1.82, 2.24) is 5.32 Å². The smallest absolute Gasteiger partial charge is 0.338 e. The van der Waals surface area contributed by atoms with Gasteiger partial charge in [-0.15, -0.1) is 11.3 Å². The second kappa shape index (κ2) is 4.85. The second-order valence-corrected chi connectivity index (χ2v) is 6.64. The van der Waals surface area contributed by atoms with Crippen LogP contribution in [0.25, 0.3) is 0 Å². The molecule has 0 radical (unpaired) electrons. The molecule has 2 amide bonds. The van der Waals surface area contributed by atoms with Gasteiger partial charge in [-0.25, -0.2) is 9.59 Å². The zero-order valence-electron chi connectivity index (χ0n) is 11.3. The van der Waals surface area contributed by atoms with Gasteiger partial charge in [0.1, 0.15) is 5.00 Å². The molecule has 0 atom stereocenters. The number of rotatable bonds is 4. The first kappa shape index (κ1) is 13.9. The Balaban J connectivity index is 2.04. The van der Waals surface area contributed by atoms with Gasteiger partial charge in [-0.2, -0.15) is 0 Å². The highest BCUT2D eigenvalue weighted by atomic mass is 32.1. The number of carboxylic acids is 1. The molecular weight excluding hydrogens is 264 g/mol. The van der Waals surface area contributed by atoms with Crippen LogP contribution in [0.2, 0.25) is 0 Å². The van der Waals surface area contributed by atoms with E-state index in [9.17, 15) is 14.7 Å². The van der Waals surface area contributed by atoms with E-state index in [1.54, 1.807) is 6.92 Å². The minimum Gasteiger partial charge on any atom is -0.478 e. The lowest BCUT2D eigenvalue weighted by molar-refractivity contribution is 0.0697. The molecule has 0 aromatic carbocycles. The molecule has 0 bridgehead atoms. The highest BCUT2D eigenvalue weighted by Gasteiger charge is 2.37. The number of carboxylic acid groups (broad SMARTS) is 1. The van der Waals surface area contributed by atoms with Crippen molar-refractivity contribution in [2.75, 3.05) is 11.9 Å². The lowest BCUT2D eigenvalue weighted by Crippen LogP contribution is -2.33. The summed E-state index contributed by atoms with van der Waals surface area (Å²) in [5.41, 5.74) is 1.13. The number of hydrogen-bond acceptors (Lipinski definition) is 3. The number of aryl methyl sites for hydroxylation is 1. The molecule has 0 saturated heterocycles. The van der Waals surface area contributed by atoms with Crippen molar-refractivity contribution in [3.05, 3.63) is 16.0 Å². The zero-order chi connectivity index (χ0) is 14.2. The van der Waals surface area contributed by atoms with Crippen molar-refractivity contribution >= 4 is 28.3 Å². The summed E-state index contributed by atoms with van der Waals surface area (Å²) in [6.45, 7) is 6.35. The number of amides is 2. The molecule has 1 aromatic rings. The number of hydrogen-bond donors (Lipinski definition) is 3. The fourth-order valence-electron chi connectivity index (χ4n) is 1.80. The predicted octanol–water partition coefficient (Wildman–Crippen LogP) is 2.98. The summed E-state index contributed by atoms with van der Waals surface area (Å²) in [5, 5.41) is 15.0. The van der Waals surface area contributed by atoms with E-state index >= 15 is 0 Å². The maximum absolute atomic E-state index is 11.8. The average molecular weight is 282 g/mol. The van der Waals surface area contributed by atoms with Gasteiger partial charge in [0.05, 0.1) is 5.56 Å². The number of thiophene rings is 1. The Bertz CT molecular complexity index is 532. The van der Waals surface area contributed by atoms with E-state index in [0.29, 0.717) is 17.1 Å². The number of carbonyl (C=O) groups excluding carboxylic acids is 1. The SMILES string of the molecule is Cc1sc(NC(=O)NCC2(C)CC2)c(C(=O)O)c1C. The van der Waals surface area contributed by atoms with Gasteiger partial charge in [0.15, 0.2) is 0 Å². The van der Waals surface area contributed by atoms with Crippen molar-refractivity contribution in [3.8, 4) is 0 Å². The van der Waals surface area contributed by atoms with Crippen LogP contribution in [0.1, 0.15) is 40.6 Å². The number of aromatic carboxylic acids is 1. The average Bonchev–Trinajstić information content (AvgIpc) is 2.98. The van der Waals surface area contributed by atoms with Crippen LogP contribution >= 0.6 is 11.3 Å². The quantitative estimate of drug-likeness (QED) is 0.794. The maximum Gasteiger partial charge on any atom is 0.338 e. The van der Waals surface area contributed by atoms with Gasteiger partial charge in [-0.1, -0.05) is 6.92 Å². The van der Waals surface area contributed by atoms with Gasteiger partial charge in [0.2, 0.25) is 0 Å². The van der Waals surface area contributed by atoms with Crippen LogP contribution in [-0.4, -0.2) is 23.7 Å². The first-order chi connectivity index (χ1) is 8.82. The predicted molar refractivity (Wildman–Crippen MR) is 75.1 cm³/mol. The zero-order valence-corrected chi connectivity index (χ0v) is 12.1. The van der Waals surface area contributed by atoms with Crippen LogP contribution in [0.3, 0.4) is 0 Å². The number of anilines is 1. The number of urea groups is 1. The Morgan fingerprint density at radius 1 is 1.37 bits per heavy atom. The molecule has 19 heavy (non-hydrogen) atoms. The van der Waals surface area contributed by atoms with Gasteiger partial charge in [0.25, 0.3) is 0 Å². The van der Waals surface area contributed by atoms with Gasteiger partial charge >= 0.3 is 12.0 Å². The van der Waals surface area contributed by atoms with Gasteiger partial charge in [-0.3, -0.25) is 5.32 Å². The van der Waals surface area contributed by atoms with Crippen molar-refractivity contribution in [3.63, 3.8) is 0 Å². The molecule has 3 N–H and O–H groups in total. The molecule has 1 saturated carbocycles. The lowest BCUT2D eigenvalue weighted by atomic mass is 10.1. The summed E-state index contributed by atoms with van der Waals surface area (Å²) >= 11 is 1.29. The van der Waals surface area contributed by atoms with Gasteiger partial charge < -0.3 is 10.4 Å². The topological polar surface area (TPSA) is 78.4 Å². The molecule has 104 valence electrons. The van der Waals surface area contributed by atoms with E-state index in [-0.39, 0.29) is 17.0 Å². The minimum absolute atomic E-state index is 0.190. The minimum atomic E-state index is -1.01. The van der Waals surface area contributed by atoms with Crippen molar-refractivity contribution in [2.45, 2.75) is 33.6 Å². The van der Waals surface area contributed by atoms with E-state index in [1.165, 1.54) is 11.3 Å². The fourth-order valence-corrected chi connectivity index (χ4v) is 2.85. The second-order valence-electron chi connectivity index (χ2n) is 5.41. The molecular formula is C13H18N2O3S. The first-order valence-corrected chi connectivity index (χ1v) is 7.02. The molecule has 0 aliphatic heterocycles.